The molecule has 116 valence electrons. The van der Waals surface area contributed by atoms with Crippen molar-refractivity contribution in [2.75, 3.05) is 13.1 Å². The van der Waals surface area contributed by atoms with Crippen LogP contribution in [0.2, 0.25) is 0 Å². The highest BCUT2D eigenvalue weighted by Crippen LogP contribution is 2.19. The van der Waals surface area contributed by atoms with Crippen LogP contribution in [0.3, 0.4) is 0 Å². The van der Waals surface area contributed by atoms with Gasteiger partial charge in [0.1, 0.15) is 0 Å². The molecule has 2 rings (SSSR count). The molecule has 2 aromatic rings. The summed E-state index contributed by atoms with van der Waals surface area (Å²) in [4.78, 5) is 20.0. The fraction of sp³-hybridized carbons (Fsp3) is 0.308. The molecule has 1 amide bonds. The number of amides is 1. The Hall–Kier alpha value is -1.21. The third-order valence-electron chi connectivity index (χ3n) is 2.51. The van der Waals surface area contributed by atoms with Gasteiger partial charge in [-0.05, 0) is 12.1 Å². The SMILES string of the molecule is Cl.Cl.NCCC(=O)NCCc1nc(-c2ccccn2)cs1. The first kappa shape index (κ1) is 19.8. The van der Waals surface area contributed by atoms with Crippen molar-refractivity contribution in [2.45, 2.75) is 12.8 Å². The summed E-state index contributed by atoms with van der Waals surface area (Å²) >= 11 is 1.58. The normalized spacial score (nSPS) is 9.38. The average Bonchev–Trinajstić information content (AvgIpc) is 2.89. The summed E-state index contributed by atoms with van der Waals surface area (Å²) in [6.45, 7) is 0.973. The van der Waals surface area contributed by atoms with Gasteiger partial charge in [-0.3, -0.25) is 9.78 Å². The fourth-order valence-corrected chi connectivity index (χ4v) is 2.38. The third kappa shape index (κ3) is 6.39. The van der Waals surface area contributed by atoms with E-state index in [1.807, 2.05) is 23.6 Å². The van der Waals surface area contributed by atoms with E-state index in [0.29, 0.717) is 19.5 Å². The van der Waals surface area contributed by atoms with Crippen LogP contribution < -0.4 is 11.1 Å². The molecular formula is C13H18Cl2N4OS. The Labute approximate surface area is 140 Å². The lowest BCUT2D eigenvalue weighted by molar-refractivity contribution is -0.120. The highest BCUT2D eigenvalue weighted by Gasteiger charge is 2.05. The van der Waals surface area contributed by atoms with Crippen molar-refractivity contribution in [3.8, 4) is 11.4 Å². The minimum Gasteiger partial charge on any atom is -0.356 e. The Morgan fingerprint density at radius 3 is 2.76 bits per heavy atom. The summed E-state index contributed by atoms with van der Waals surface area (Å²) in [6, 6.07) is 5.75. The summed E-state index contributed by atoms with van der Waals surface area (Å²) in [6.07, 6.45) is 2.85. The molecular weight excluding hydrogens is 331 g/mol. The van der Waals surface area contributed by atoms with Crippen LogP contribution in [0.5, 0.6) is 0 Å². The maximum atomic E-state index is 11.2. The van der Waals surface area contributed by atoms with Crippen LogP contribution in [0, 0.1) is 0 Å². The summed E-state index contributed by atoms with van der Waals surface area (Å²) in [7, 11) is 0. The second-order valence-corrected chi connectivity index (χ2v) is 4.92. The predicted molar refractivity (Wildman–Crippen MR) is 90.2 cm³/mol. The molecule has 0 bridgehead atoms. The van der Waals surface area contributed by atoms with Gasteiger partial charge in [-0.25, -0.2) is 4.98 Å². The monoisotopic (exact) mass is 348 g/mol. The molecule has 0 aliphatic heterocycles. The molecule has 2 heterocycles. The number of carbonyl (C=O) groups excluding carboxylic acids is 1. The van der Waals surface area contributed by atoms with E-state index in [4.69, 9.17) is 5.73 Å². The van der Waals surface area contributed by atoms with Gasteiger partial charge in [-0.1, -0.05) is 6.07 Å². The summed E-state index contributed by atoms with van der Waals surface area (Å²) in [5.41, 5.74) is 7.06. The number of halogens is 2. The smallest absolute Gasteiger partial charge is 0.221 e. The number of hydrogen-bond donors (Lipinski definition) is 2. The highest BCUT2D eigenvalue weighted by atomic mass is 35.5. The van der Waals surface area contributed by atoms with Crippen LogP contribution in [0.4, 0.5) is 0 Å². The zero-order valence-corrected chi connectivity index (χ0v) is 13.8. The molecule has 0 atom stereocenters. The summed E-state index contributed by atoms with van der Waals surface area (Å²) < 4.78 is 0. The van der Waals surface area contributed by atoms with E-state index in [0.717, 1.165) is 22.8 Å². The first-order valence-electron chi connectivity index (χ1n) is 6.12. The lowest BCUT2D eigenvalue weighted by Crippen LogP contribution is -2.27. The van der Waals surface area contributed by atoms with Gasteiger partial charge in [0.15, 0.2) is 0 Å². The minimum atomic E-state index is -0.0102. The predicted octanol–water partition coefficient (Wildman–Crippen LogP) is 2.06. The zero-order valence-electron chi connectivity index (χ0n) is 11.3. The standard InChI is InChI=1S/C13H16N4OS.2ClH/c14-6-4-12(18)16-8-5-13-17-11(9-19-13)10-3-1-2-7-15-10;;/h1-3,7,9H,4-6,8,14H2,(H,16,18);2*1H. The quantitative estimate of drug-likeness (QED) is 0.836. The van der Waals surface area contributed by atoms with Gasteiger partial charge in [-0.15, -0.1) is 36.2 Å². The number of pyridine rings is 1. The largest absolute Gasteiger partial charge is 0.356 e. The van der Waals surface area contributed by atoms with Crippen molar-refractivity contribution in [1.82, 2.24) is 15.3 Å². The molecule has 21 heavy (non-hydrogen) atoms. The minimum absolute atomic E-state index is 0. The van der Waals surface area contributed by atoms with E-state index in [1.54, 1.807) is 17.5 Å². The number of nitrogens with zero attached hydrogens (tertiary/aromatic N) is 2. The maximum Gasteiger partial charge on any atom is 0.221 e. The average molecular weight is 349 g/mol. The topological polar surface area (TPSA) is 80.9 Å². The van der Waals surface area contributed by atoms with Crippen LogP contribution >= 0.6 is 36.2 Å². The Bertz CT molecular complexity index is 536. The molecule has 0 unspecified atom stereocenters. The Balaban J connectivity index is 0.00000200. The van der Waals surface area contributed by atoms with Gasteiger partial charge in [0.25, 0.3) is 0 Å². The van der Waals surface area contributed by atoms with E-state index < -0.39 is 0 Å². The lowest BCUT2D eigenvalue weighted by atomic mass is 10.3. The van der Waals surface area contributed by atoms with Crippen LogP contribution in [0.25, 0.3) is 11.4 Å². The molecule has 3 N–H and O–H groups in total. The molecule has 0 radical (unpaired) electrons. The highest BCUT2D eigenvalue weighted by molar-refractivity contribution is 7.09. The van der Waals surface area contributed by atoms with Crippen molar-refractivity contribution in [2.24, 2.45) is 5.73 Å². The zero-order chi connectivity index (χ0) is 13.5. The van der Waals surface area contributed by atoms with Crippen molar-refractivity contribution >= 4 is 42.1 Å². The Morgan fingerprint density at radius 1 is 1.29 bits per heavy atom. The number of aromatic nitrogens is 2. The summed E-state index contributed by atoms with van der Waals surface area (Å²) in [5.74, 6) is -0.0102. The Morgan fingerprint density at radius 2 is 2.10 bits per heavy atom. The van der Waals surface area contributed by atoms with Gasteiger partial charge in [0.05, 0.1) is 16.4 Å². The third-order valence-corrected chi connectivity index (χ3v) is 3.42. The second-order valence-electron chi connectivity index (χ2n) is 3.98. The van der Waals surface area contributed by atoms with Gasteiger partial charge in [-0.2, -0.15) is 0 Å². The van der Waals surface area contributed by atoms with E-state index in [2.05, 4.69) is 15.3 Å². The van der Waals surface area contributed by atoms with Crippen LogP contribution in [-0.2, 0) is 11.2 Å². The van der Waals surface area contributed by atoms with Gasteiger partial charge < -0.3 is 11.1 Å². The molecule has 0 aromatic carbocycles. The first-order chi connectivity index (χ1) is 9.29. The molecule has 0 aliphatic carbocycles. The van der Waals surface area contributed by atoms with Crippen molar-refractivity contribution in [3.63, 3.8) is 0 Å². The van der Waals surface area contributed by atoms with Crippen LogP contribution in [-0.4, -0.2) is 29.0 Å². The number of nitrogens with two attached hydrogens (primary N) is 1. The maximum absolute atomic E-state index is 11.2. The summed E-state index contributed by atoms with van der Waals surface area (Å²) in [5, 5.41) is 5.79. The molecule has 0 saturated heterocycles. The van der Waals surface area contributed by atoms with Crippen molar-refractivity contribution in [1.29, 1.82) is 0 Å². The molecule has 0 fully saturated rings. The molecule has 0 spiro atoms. The number of nitrogens with one attached hydrogen (secondary N) is 1. The number of hydrogen-bond acceptors (Lipinski definition) is 5. The number of thiazole rings is 1. The van der Waals surface area contributed by atoms with Gasteiger partial charge in [0, 0.05) is 37.5 Å². The fourth-order valence-electron chi connectivity index (χ4n) is 1.59. The molecule has 5 nitrogen and oxygen atoms in total. The second kappa shape index (κ2) is 10.5. The molecule has 8 heteroatoms. The van der Waals surface area contributed by atoms with E-state index in [-0.39, 0.29) is 30.7 Å². The molecule has 0 saturated carbocycles. The van der Waals surface area contributed by atoms with E-state index >= 15 is 0 Å². The molecule has 0 aliphatic rings. The number of rotatable bonds is 6. The van der Waals surface area contributed by atoms with Crippen molar-refractivity contribution in [3.05, 3.63) is 34.8 Å². The number of carbonyl (C=O) groups is 1. The van der Waals surface area contributed by atoms with E-state index in [9.17, 15) is 4.79 Å². The van der Waals surface area contributed by atoms with Crippen LogP contribution in [0.15, 0.2) is 29.8 Å². The first-order valence-corrected chi connectivity index (χ1v) is 7.00. The van der Waals surface area contributed by atoms with Crippen LogP contribution in [0.1, 0.15) is 11.4 Å². The Kier molecular flexibility index (Phi) is 9.90. The van der Waals surface area contributed by atoms with Gasteiger partial charge >= 0.3 is 0 Å². The van der Waals surface area contributed by atoms with Crippen molar-refractivity contribution < 1.29 is 4.79 Å². The van der Waals surface area contributed by atoms with Gasteiger partial charge in [0.2, 0.25) is 5.91 Å². The lowest BCUT2D eigenvalue weighted by Gasteiger charge is -2.01. The molecule has 2 aromatic heterocycles. The van der Waals surface area contributed by atoms with E-state index in [1.165, 1.54) is 0 Å².